The van der Waals surface area contributed by atoms with Gasteiger partial charge in [-0.2, -0.15) is 0 Å². The topological polar surface area (TPSA) is 70.3 Å². The van der Waals surface area contributed by atoms with Crippen molar-refractivity contribution in [1.82, 2.24) is 10.9 Å². The smallest absolute Gasteiger partial charge is 0.132 e. The summed E-state index contributed by atoms with van der Waals surface area (Å²) in [6, 6.07) is 4.24. The van der Waals surface area contributed by atoms with Crippen molar-refractivity contribution >= 4 is 17.3 Å². The van der Waals surface area contributed by atoms with Gasteiger partial charge in [-0.05, 0) is 24.3 Å². The summed E-state index contributed by atoms with van der Waals surface area (Å²) in [4.78, 5) is 0. The molecule has 1 aromatic carbocycles. The van der Waals surface area contributed by atoms with E-state index < -0.39 is 5.82 Å². The van der Waals surface area contributed by atoms with Crippen LogP contribution in [0.1, 0.15) is 5.56 Å². The predicted molar refractivity (Wildman–Crippen MR) is 64.0 cm³/mol. The van der Waals surface area contributed by atoms with Crippen molar-refractivity contribution in [2.24, 2.45) is 5.73 Å². The number of rotatable bonds is 2. The first kappa shape index (κ1) is 11.8. The molecule has 1 aliphatic heterocycles. The number of halogens is 2. The number of aliphatic hydroxyl groups excluding tert-OH is 1. The van der Waals surface area contributed by atoms with Crippen LogP contribution in [-0.4, -0.2) is 11.7 Å². The van der Waals surface area contributed by atoms with Gasteiger partial charge in [-0.25, -0.2) is 4.39 Å². The van der Waals surface area contributed by atoms with E-state index >= 15 is 0 Å². The van der Waals surface area contributed by atoms with Crippen molar-refractivity contribution in [1.29, 1.82) is 0 Å². The van der Waals surface area contributed by atoms with Gasteiger partial charge in [0.25, 0.3) is 0 Å². The SMILES string of the molecule is NC1=C(CO)NNC(c2cc(Cl)ccc2F)=C1. The van der Waals surface area contributed by atoms with E-state index in [9.17, 15) is 4.39 Å². The number of aliphatic hydroxyl groups is 1. The molecule has 0 amide bonds. The second-order valence-electron chi connectivity index (χ2n) is 3.52. The van der Waals surface area contributed by atoms with Gasteiger partial charge in [0.1, 0.15) is 5.82 Å². The van der Waals surface area contributed by atoms with Crippen LogP contribution >= 0.6 is 11.6 Å². The van der Waals surface area contributed by atoms with Crippen LogP contribution in [0.4, 0.5) is 4.39 Å². The van der Waals surface area contributed by atoms with E-state index in [0.29, 0.717) is 27.7 Å². The summed E-state index contributed by atoms with van der Waals surface area (Å²) in [7, 11) is 0. The van der Waals surface area contributed by atoms with Gasteiger partial charge < -0.3 is 21.7 Å². The summed E-state index contributed by atoms with van der Waals surface area (Å²) >= 11 is 5.80. The number of hydrazine groups is 1. The Hall–Kier alpha value is -1.72. The van der Waals surface area contributed by atoms with Crippen molar-refractivity contribution in [3.05, 3.63) is 52.1 Å². The molecule has 0 spiro atoms. The molecule has 0 bridgehead atoms. The third kappa shape index (κ3) is 2.35. The normalized spacial score (nSPS) is 15.1. The minimum atomic E-state index is -0.407. The zero-order valence-corrected chi connectivity index (χ0v) is 9.55. The molecule has 17 heavy (non-hydrogen) atoms. The van der Waals surface area contributed by atoms with Crippen LogP contribution in [0, 0.1) is 5.82 Å². The lowest BCUT2D eigenvalue weighted by molar-refractivity contribution is 0.317. The standard InChI is InChI=1S/C11H11ClFN3O/c12-6-1-2-8(13)7(3-6)10-4-9(14)11(5-17)16-15-10/h1-4,15-17H,5,14H2. The molecule has 0 radical (unpaired) electrons. The number of hydrogen-bond acceptors (Lipinski definition) is 4. The molecule has 0 aromatic heterocycles. The first-order valence-electron chi connectivity index (χ1n) is 4.90. The summed E-state index contributed by atoms with van der Waals surface area (Å²) in [5.41, 5.74) is 12.7. The average Bonchev–Trinajstić information content (AvgIpc) is 2.32. The number of nitrogens with two attached hydrogens (primary N) is 1. The van der Waals surface area contributed by atoms with Crippen LogP contribution in [0.2, 0.25) is 5.02 Å². The molecule has 5 N–H and O–H groups in total. The van der Waals surface area contributed by atoms with Crippen LogP contribution in [0.5, 0.6) is 0 Å². The molecule has 0 atom stereocenters. The molecule has 6 heteroatoms. The summed E-state index contributed by atoms with van der Waals surface area (Å²) < 4.78 is 13.6. The van der Waals surface area contributed by atoms with Crippen molar-refractivity contribution in [3.8, 4) is 0 Å². The Bertz CT molecular complexity index is 513. The fourth-order valence-electron chi connectivity index (χ4n) is 1.47. The Morgan fingerprint density at radius 2 is 2.12 bits per heavy atom. The highest BCUT2D eigenvalue weighted by Crippen LogP contribution is 2.22. The van der Waals surface area contributed by atoms with Gasteiger partial charge in [0, 0.05) is 10.6 Å². The molecule has 1 heterocycles. The van der Waals surface area contributed by atoms with E-state index in [1.165, 1.54) is 24.3 Å². The van der Waals surface area contributed by atoms with Crippen molar-refractivity contribution in [2.75, 3.05) is 6.61 Å². The third-order valence-corrected chi connectivity index (χ3v) is 2.61. The molecule has 1 aromatic rings. The van der Waals surface area contributed by atoms with Gasteiger partial charge in [-0.15, -0.1) is 0 Å². The van der Waals surface area contributed by atoms with E-state index in [0.717, 1.165) is 0 Å². The molecule has 2 rings (SSSR count). The molecule has 4 nitrogen and oxygen atoms in total. The molecular formula is C11H11ClFN3O. The fraction of sp³-hybridized carbons (Fsp3) is 0.0909. The van der Waals surface area contributed by atoms with Crippen molar-refractivity contribution in [3.63, 3.8) is 0 Å². The zero-order valence-electron chi connectivity index (χ0n) is 8.80. The fourth-order valence-corrected chi connectivity index (χ4v) is 1.65. The predicted octanol–water partition coefficient (Wildman–Crippen LogP) is 1.09. The van der Waals surface area contributed by atoms with E-state index in [2.05, 4.69) is 10.9 Å². The first-order chi connectivity index (χ1) is 8.11. The molecule has 0 saturated carbocycles. The van der Waals surface area contributed by atoms with E-state index in [4.69, 9.17) is 22.4 Å². The number of hydrogen-bond donors (Lipinski definition) is 4. The van der Waals surface area contributed by atoms with Crippen LogP contribution < -0.4 is 16.6 Å². The quantitative estimate of drug-likeness (QED) is 0.639. The summed E-state index contributed by atoms with van der Waals surface area (Å²) in [5, 5.41) is 9.38. The lowest BCUT2D eigenvalue weighted by Gasteiger charge is -2.21. The second kappa shape index (κ2) is 4.65. The van der Waals surface area contributed by atoms with Gasteiger partial charge in [0.2, 0.25) is 0 Å². The second-order valence-corrected chi connectivity index (χ2v) is 3.96. The molecule has 0 aliphatic carbocycles. The van der Waals surface area contributed by atoms with Crippen LogP contribution in [0.3, 0.4) is 0 Å². The lowest BCUT2D eigenvalue weighted by atomic mass is 10.1. The largest absolute Gasteiger partial charge is 0.397 e. The van der Waals surface area contributed by atoms with Crippen molar-refractivity contribution < 1.29 is 9.50 Å². The summed E-state index contributed by atoms with van der Waals surface area (Å²) in [5.74, 6) is -0.407. The van der Waals surface area contributed by atoms with Crippen LogP contribution in [0.25, 0.3) is 5.70 Å². The Labute approximate surface area is 103 Å². The maximum atomic E-state index is 13.6. The Morgan fingerprint density at radius 3 is 2.76 bits per heavy atom. The average molecular weight is 256 g/mol. The van der Waals surface area contributed by atoms with Gasteiger partial charge in [-0.1, -0.05) is 11.6 Å². The van der Waals surface area contributed by atoms with Gasteiger partial charge in [0.15, 0.2) is 0 Å². The van der Waals surface area contributed by atoms with Crippen molar-refractivity contribution in [2.45, 2.75) is 0 Å². The summed E-state index contributed by atoms with van der Waals surface area (Å²) in [6.07, 6.45) is 1.54. The molecule has 0 unspecified atom stereocenters. The van der Waals surface area contributed by atoms with E-state index in [-0.39, 0.29) is 6.61 Å². The van der Waals surface area contributed by atoms with E-state index in [1.807, 2.05) is 0 Å². The minimum Gasteiger partial charge on any atom is -0.397 e. The number of allylic oxidation sites excluding steroid dienone is 1. The van der Waals surface area contributed by atoms with Crippen LogP contribution in [0.15, 0.2) is 35.7 Å². The molecular weight excluding hydrogens is 245 g/mol. The Kier molecular flexibility index (Phi) is 3.21. The number of benzene rings is 1. The monoisotopic (exact) mass is 255 g/mol. The van der Waals surface area contributed by atoms with E-state index in [1.54, 1.807) is 0 Å². The highest BCUT2D eigenvalue weighted by Gasteiger charge is 2.14. The first-order valence-corrected chi connectivity index (χ1v) is 5.28. The highest BCUT2D eigenvalue weighted by atomic mass is 35.5. The number of nitrogens with one attached hydrogen (secondary N) is 2. The molecule has 0 saturated heterocycles. The highest BCUT2D eigenvalue weighted by molar-refractivity contribution is 6.30. The van der Waals surface area contributed by atoms with Crippen LogP contribution in [-0.2, 0) is 0 Å². The Balaban J connectivity index is 2.42. The van der Waals surface area contributed by atoms with Gasteiger partial charge in [0.05, 0.1) is 23.7 Å². The third-order valence-electron chi connectivity index (χ3n) is 2.37. The molecule has 1 aliphatic rings. The summed E-state index contributed by atoms with van der Waals surface area (Å²) in [6.45, 7) is -0.222. The minimum absolute atomic E-state index is 0.222. The van der Waals surface area contributed by atoms with Gasteiger partial charge >= 0.3 is 0 Å². The molecule has 0 fully saturated rings. The van der Waals surface area contributed by atoms with Gasteiger partial charge in [-0.3, -0.25) is 0 Å². The maximum absolute atomic E-state index is 13.6. The lowest BCUT2D eigenvalue weighted by Crippen LogP contribution is -2.36. The Morgan fingerprint density at radius 1 is 1.35 bits per heavy atom. The molecule has 90 valence electrons. The zero-order chi connectivity index (χ0) is 12.4. The maximum Gasteiger partial charge on any atom is 0.132 e.